The molecule has 0 amide bonds. The third-order valence-corrected chi connectivity index (χ3v) is 4.20. The number of rotatable bonds is 1. The van der Waals surface area contributed by atoms with Gasteiger partial charge in [-0.1, -0.05) is 39.8 Å². The Labute approximate surface area is 149 Å². The zero-order valence-corrected chi connectivity index (χ0v) is 15.9. The second-order valence-electron chi connectivity index (χ2n) is 5.41. The lowest BCUT2D eigenvalue weighted by molar-refractivity contribution is 0.652. The van der Waals surface area contributed by atoms with E-state index in [9.17, 15) is 4.79 Å². The molecule has 25 heavy (non-hydrogen) atoms. The molecule has 0 aliphatic heterocycles. The summed E-state index contributed by atoms with van der Waals surface area (Å²) in [7, 11) is 1.87. The third-order valence-electron chi connectivity index (χ3n) is 4.20. The molecule has 1 N–H and O–H groups in total. The van der Waals surface area contributed by atoms with Gasteiger partial charge in [-0.15, -0.1) is 0 Å². The lowest BCUT2D eigenvalue weighted by Gasteiger charge is -2.21. The van der Waals surface area contributed by atoms with Crippen molar-refractivity contribution in [3.8, 4) is 0 Å². The molecule has 1 aliphatic carbocycles. The minimum Gasteiger partial charge on any atom is -0.373 e. The Balaban J connectivity index is 0.000000528. The second-order valence-corrected chi connectivity index (χ2v) is 5.41. The van der Waals surface area contributed by atoms with Crippen LogP contribution in [0.15, 0.2) is 29.1 Å². The van der Waals surface area contributed by atoms with Crippen molar-refractivity contribution < 1.29 is 0 Å². The zero-order valence-electron chi connectivity index (χ0n) is 15.9. The molecule has 134 valence electrons. The fraction of sp³-hybridized carbons (Fsp3) is 0.450. The van der Waals surface area contributed by atoms with E-state index in [0.717, 1.165) is 42.8 Å². The fourth-order valence-corrected chi connectivity index (χ4v) is 3.20. The van der Waals surface area contributed by atoms with Crippen LogP contribution >= 0.6 is 0 Å². The highest BCUT2D eigenvalue weighted by molar-refractivity contribution is 5.79. The monoisotopic (exact) mass is 340 g/mol. The SMILES string of the molecule is CC.CC.CNc1nc2nc3ccccc3c(=O)n2c2c1CCCC2. The molecule has 0 saturated carbocycles. The van der Waals surface area contributed by atoms with Gasteiger partial charge in [0.05, 0.1) is 10.9 Å². The molecule has 0 atom stereocenters. The minimum atomic E-state index is -0.0103. The molecule has 0 saturated heterocycles. The summed E-state index contributed by atoms with van der Waals surface area (Å²) < 4.78 is 1.71. The average Bonchev–Trinajstić information content (AvgIpc) is 2.70. The van der Waals surface area contributed by atoms with Gasteiger partial charge in [0.15, 0.2) is 0 Å². The van der Waals surface area contributed by atoms with E-state index < -0.39 is 0 Å². The Morgan fingerprint density at radius 1 is 1.00 bits per heavy atom. The Hall–Kier alpha value is -2.43. The van der Waals surface area contributed by atoms with Crippen molar-refractivity contribution in [2.75, 3.05) is 12.4 Å². The van der Waals surface area contributed by atoms with E-state index in [0.29, 0.717) is 16.7 Å². The van der Waals surface area contributed by atoms with Crippen LogP contribution in [0.5, 0.6) is 0 Å². The van der Waals surface area contributed by atoms with Crippen LogP contribution in [0, 0.1) is 0 Å². The first-order chi connectivity index (χ1) is 12.3. The van der Waals surface area contributed by atoms with E-state index in [2.05, 4.69) is 15.3 Å². The van der Waals surface area contributed by atoms with E-state index in [-0.39, 0.29) is 5.56 Å². The van der Waals surface area contributed by atoms with Gasteiger partial charge in [-0.2, -0.15) is 4.98 Å². The first kappa shape index (κ1) is 18.9. The van der Waals surface area contributed by atoms with Crippen LogP contribution in [0.4, 0.5) is 5.82 Å². The number of aryl methyl sites for hydroxylation is 1. The molecule has 4 rings (SSSR count). The molecule has 5 nitrogen and oxygen atoms in total. The highest BCUT2D eigenvalue weighted by Crippen LogP contribution is 2.26. The normalized spacial score (nSPS) is 12.5. The molecule has 0 radical (unpaired) electrons. The number of para-hydroxylation sites is 1. The largest absolute Gasteiger partial charge is 0.373 e. The van der Waals surface area contributed by atoms with Crippen LogP contribution < -0.4 is 10.9 Å². The minimum absolute atomic E-state index is 0.0103. The van der Waals surface area contributed by atoms with Crippen molar-refractivity contribution in [3.63, 3.8) is 0 Å². The van der Waals surface area contributed by atoms with Crippen LogP contribution in [-0.4, -0.2) is 21.4 Å². The smallest absolute Gasteiger partial charge is 0.267 e. The van der Waals surface area contributed by atoms with Gasteiger partial charge in [0.25, 0.3) is 5.56 Å². The third kappa shape index (κ3) is 3.36. The van der Waals surface area contributed by atoms with Gasteiger partial charge in [-0.05, 0) is 37.8 Å². The summed E-state index contributed by atoms with van der Waals surface area (Å²) >= 11 is 0. The Kier molecular flexibility index (Phi) is 6.51. The molecular formula is C20H28N4O. The molecule has 1 aliphatic rings. The van der Waals surface area contributed by atoms with Crippen LogP contribution in [0.2, 0.25) is 0 Å². The number of fused-ring (bicyclic) bond motifs is 4. The molecule has 3 aromatic rings. The molecular weight excluding hydrogens is 312 g/mol. The van der Waals surface area contributed by atoms with Crippen LogP contribution in [0.3, 0.4) is 0 Å². The van der Waals surface area contributed by atoms with Gasteiger partial charge < -0.3 is 5.32 Å². The van der Waals surface area contributed by atoms with Gasteiger partial charge in [0, 0.05) is 18.3 Å². The Bertz CT molecular complexity index is 915. The van der Waals surface area contributed by atoms with Gasteiger partial charge >= 0.3 is 0 Å². The zero-order chi connectivity index (χ0) is 18.4. The van der Waals surface area contributed by atoms with Crippen LogP contribution in [-0.2, 0) is 12.8 Å². The first-order valence-electron chi connectivity index (χ1n) is 9.30. The van der Waals surface area contributed by atoms with Gasteiger partial charge in [0.1, 0.15) is 5.82 Å². The van der Waals surface area contributed by atoms with Crippen molar-refractivity contribution >= 4 is 22.5 Å². The van der Waals surface area contributed by atoms with Crippen molar-refractivity contribution in [3.05, 3.63) is 45.9 Å². The van der Waals surface area contributed by atoms with Crippen molar-refractivity contribution in [2.24, 2.45) is 0 Å². The number of anilines is 1. The summed E-state index contributed by atoms with van der Waals surface area (Å²) in [4.78, 5) is 21.9. The molecule has 0 unspecified atom stereocenters. The Morgan fingerprint density at radius 3 is 2.40 bits per heavy atom. The van der Waals surface area contributed by atoms with E-state index in [4.69, 9.17) is 0 Å². The molecule has 5 heteroatoms. The average molecular weight is 340 g/mol. The predicted molar refractivity (Wildman–Crippen MR) is 106 cm³/mol. The molecule has 2 aromatic heterocycles. The van der Waals surface area contributed by atoms with Gasteiger partial charge in [0.2, 0.25) is 5.78 Å². The number of hydrogen-bond acceptors (Lipinski definition) is 4. The summed E-state index contributed by atoms with van der Waals surface area (Å²) in [5, 5.41) is 3.80. The Morgan fingerprint density at radius 2 is 1.68 bits per heavy atom. The summed E-state index contributed by atoms with van der Waals surface area (Å²) in [6.45, 7) is 8.00. The van der Waals surface area contributed by atoms with Crippen molar-refractivity contribution in [1.82, 2.24) is 14.4 Å². The van der Waals surface area contributed by atoms with Crippen LogP contribution in [0.25, 0.3) is 16.7 Å². The highest BCUT2D eigenvalue weighted by Gasteiger charge is 2.20. The fourth-order valence-electron chi connectivity index (χ4n) is 3.20. The summed E-state index contributed by atoms with van der Waals surface area (Å²) in [6.07, 6.45) is 4.12. The molecule has 0 spiro atoms. The number of aromatic nitrogens is 3. The lowest BCUT2D eigenvalue weighted by Crippen LogP contribution is -2.24. The summed E-state index contributed by atoms with van der Waals surface area (Å²) in [5.41, 5.74) is 2.92. The number of nitrogens with one attached hydrogen (secondary N) is 1. The molecule has 0 bridgehead atoms. The number of nitrogens with zero attached hydrogens (tertiary/aromatic N) is 3. The molecule has 2 heterocycles. The predicted octanol–water partition coefficient (Wildman–Crippen LogP) is 4.22. The maximum absolute atomic E-state index is 12.8. The molecule has 1 aromatic carbocycles. The van der Waals surface area contributed by atoms with Crippen LogP contribution in [0.1, 0.15) is 51.8 Å². The topological polar surface area (TPSA) is 59.3 Å². The maximum atomic E-state index is 12.8. The lowest BCUT2D eigenvalue weighted by atomic mass is 9.96. The van der Waals surface area contributed by atoms with E-state index in [1.54, 1.807) is 4.40 Å². The quantitative estimate of drug-likeness (QED) is 0.674. The number of hydrogen-bond donors (Lipinski definition) is 1. The van der Waals surface area contributed by atoms with E-state index in [1.165, 1.54) is 0 Å². The van der Waals surface area contributed by atoms with Gasteiger partial charge in [-0.3, -0.25) is 4.79 Å². The standard InChI is InChI=1S/C16H16N4O.2C2H6/c1-17-14-11-7-3-5-9-13(11)20-15(21)10-6-2-4-8-12(10)18-16(20)19-14;2*1-2/h2,4,6,8H,3,5,7,9H2,1H3,(H,17,18,19);2*1-2H3. The first-order valence-corrected chi connectivity index (χ1v) is 9.30. The van der Waals surface area contributed by atoms with Crippen molar-refractivity contribution in [1.29, 1.82) is 0 Å². The van der Waals surface area contributed by atoms with E-state index >= 15 is 0 Å². The maximum Gasteiger partial charge on any atom is 0.267 e. The second kappa shape index (κ2) is 8.60. The van der Waals surface area contributed by atoms with Gasteiger partial charge in [-0.25, -0.2) is 9.38 Å². The summed E-state index contributed by atoms with van der Waals surface area (Å²) in [6, 6.07) is 7.46. The van der Waals surface area contributed by atoms with Crippen molar-refractivity contribution in [2.45, 2.75) is 53.4 Å². The number of benzene rings is 1. The summed E-state index contributed by atoms with van der Waals surface area (Å²) in [5.74, 6) is 1.34. The highest BCUT2D eigenvalue weighted by atomic mass is 16.1. The van der Waals surface area contributed by atoms with E-state index in [1.807, 2.05) is 59.0 Å². The molecule has 0 fully saturated rings.